The summed E-state index contributed by atoms with van der Waals surface area (Å²) in [5, 5.41) is 4.42. The van der Waals surface area contributed by atoms with Crippen LogP contribution in [-0.4, -0.2) is 19.3 Å². The van der Waals surface area contributed by atoms with E-state index >= 15 is 0 Å². The minimum atomic E-state index is 0.425. The van der Waals surface area contributed by atoms with Crippen molar-refractivity contribution in [3.05, 3.63) is 41.5 Å². The second kappa shape index (κ2) is 4.71. The first-order chi connectivity index (χ1) is 8.11. The SMILES string of the molecule is CCn1nc(C)cc1Cn1cccc1C(N)=S. The van der Waals surface area contributed by atoms with Crippen molar-refractivity contribution in [2.45, 2.75) is 26.9 Å². The van der Waals surface area contributed by atoms with Crippen molar-refractivity contribution in [1.29, 1.82) is 0 Å². The third kappa shape index (κ3) is 2.39. The van der Waals surface area contributed by atoms with Crippen molar-refractivity contribution in [1.82, 2.24) is 14.3 Å². The molecular formula is C12H16N4S. The Morgan fingerprint density at radius 1 is 1.53 bits per heavy atom. The average molecular weight is 248 g/mol. The van der Waals surface area contributed by atoms with Crippen LogP contribution in [-0.2, 0) is 13.1 Å². The number of nitrogens with zero attached hydrogens (tertiary/aromatic N) is 3. The van der Waals surface area contributed by atoms with Gasteiger partial charge >= 0.3 is 0 Å². The van der Waals surface area contributed by atoms with Crippen LogP contribution in [0.2, 0.25) is 0 Å². The topological polar surface area (TPSA) is 48.8 Å². The summed E-state index contributed by atoms with van der Waals surface area (Å²) in [6.07, 6.45) is 1.98. The van der Waals surface area contributed by atoms with Crippen molar-refractivity contribution >= 4 is 17.2 Å². The molecule has 0 spiro atoms. The lowest BCUT2D eigenvalue weighted by Gasteiger charge is -2.09. The zero-order valence-corrected chi connectivity index (χ0v) is 10.9. The van der Waals surface area contributed by atoms with Gasteiger partial charge in [-0.2, -0.15) is 5.10 Å². The summed E-state index contributed by atoms with van der Waals surface area (Å²) in [4.78, 5) is 0.425. The largest absolute Gasteiger partial charge is 0.388 e. The number of thiocarbonyl (C=S) groups is 1. The van der Waals surface area contributed by atoms with Gasteiger partial charge in [0.2, 0.25) is 0 Å². The molecule has 0 atom stereocenters. The number of aryl methyl sites for hydroxylation is 2. The summed E-state index contributed by atoms with van der Waals surface area (Å²) < 4.78 is 4.05. The molecule has 0 amide bonds. The fourth-order valence-corrected chi connectivity index (χ4v) is 2.14. The van der Waals surface area contributed by atoms with Gasteiger partial charge in [0.1, 0.15) is 4.99 Å². The van der Waals surface area contributed by atoms with E-state index in [4.69, 9.17) is 18.0 Å². The first-order valence-electron chi connectivity index (χ1n) is 5.60. The van der Waals surface area contributed by atoms with Crippen LogP contribution in [0.25, 0.3) is 0 Å². The van der Waals surface area contributed by atoms with E-state index in [-0.39, 0.29) is 0 Å². The highest BCUT2D eigenvalue weighted by molar-refractivity contribution is 7.80. The Balaban J connectivity index is 2.31. The summed E-state index contributed by atoms with van der Waals surface area (Å²) in [6, 6.07) is 5.97. The Kier molecular flexibility index (Phi) is 3.28. The van der Waals surface area contributed by atoms with E-state index in [1.807, 2.05) is 34.5 Å². The van der Waals surface area contributed by atoms with Crippen molar-refractivity contribution in [3.63, 3.8) is 0 Å². The molecule has 90 valence electrons. The molecule has 2 N–H and O–H groups in total. The molecule has 0 aliphatic carbocycles. The molecule has 2 heterocycles. The van der Waals surface area contributed by atoms with Crippen molar-refractivity contribution in [3.8, 4) is 0 Å². The van der Waals surface area contributed by atoms with Crippen LogP contribution >= 0.6 is 12.2 Å². The normalized spacial score (nSPS) is 10.7. The zero-order valence-electron chi connectivity index (χ0n) is 10.1. The predicted molar refractivity (Wildman–Crippen MR) is 72.1 cm³/mol. The van der Waals surface area contributed by atoms with Gasteiger partial charge in [0.25, 0.3) is 0 Å². The van der Waals surface area contributed by atoms with E-state index in [1.54, 1.807) is 0 Å². The van der Waals surface area contributed by atoms with E-state index in [0.717, 1.165) is 24.5 Å². The summed E-state index contributed by atoms with van der Waals surface area (Å²) in [5.41, 5.74) is 8.77. The summed E-state index contributed by atoms with van der Waals surface area (Å²) in [6.45, 7) is 5.70. The molecule has 5 heteroatoms. The number of hydrogen-bond donors (Lipinski definition) is 1. The van der Waals surface area contributed by atoms with Crippen LogP contribution in [0.3, 0.4) is 0 Å². The van der Waals surface area contributed by atoms with E-state index in [0.29, 0.717) is 4.99 Å². The Bertz CT molecular complexity index is 538. The van der Waals surface area contributed by atoms with E-state index in [1.165, 1.54) is 5.69 Å². The molecule has 2 aromatic rings. The number of aromatic nitrogens is 3. The van der Waals surface area contributed by atoms with E-state index < -0.39 is 0 Å². The third-order valence-electron chi connectivity index (χ3n) is 2.70. The highest BCUT2D eigenvalue weighted by Crippen LogP contribution is 2.10. The van der Waals surface area contributed by atoms with Gasteiger partial charge in [0, 0.05) is 12.7 Å². The minimum Gasteiger partial charge on any atom is -0.388 e. The van der Waals surface area contributed by atoms with E-state index in [2.05, 4.69) is 18.1 Å². The number of rotatable bonds is 4. The molecule has 0 aliphatic heterocycles. The highest BCUT2D eigenvalue weighted by Gasteiger charge is 2.08. The van der Waals surface area contributed by atoms with E-state index in [9.17, 15) is 0 Å². The Morgan fingerprint density at radius 2 is 2.29 bits per heavy atom. The van der Waals surface area contributed by atoms with Gasteiger partial charge in [0.15, 0.2) is 0 Å². The quantitative estimate of drug-likeness (QED) is 0.838. The predicted octanol–water partition coefficient (Wildman–Crippen LogP) is 1.70. The van der Waals surface area contributed by atoms with Gasteiger partial charge in [-0.05, 0) is 32.0 Å². The Morgan fingerprint density at radius 3 is 2.94 bits per heavy atom. The fraction of sp³-hybridized carbons (Fsp3) is 0.333. The molecule has 0 aliphatic rings. The fourth-order valence-electron chi connectivity index (χ4n) is 1.95. The second-order valence-electron chi connectivity index (χ2n) is 3.98. The Hall–Kier alpha value is -1.62. The van der Waals surface area contributed by atoms with Crippen LogP contribution in [0.5, 0.6) is 0 Å². The van der Waals surface area contributed by atoms with Crippen LogP contribution < -0.4 is 5.73 Å². The molecule has 0 fully saturated rings. The Labute approximate surface area is 106 Å². The van der Waals surface area contributed by atoms with Gasteiger partial charge in [-0.25, -0.2) is 0 Å². The molecule has 2 aromatic heterocycles. The number of nitrogens with two attached hydrogens (primary N) is 1. The molecular weight excluding hydrogens is 232 g/mol. The first-order valence-corrected chi connectivity index (χ1v) is 6.01. The van der Waals surface area contributed by atoms with Gasteiger partial charge in [-0.3, -0.25) is 4.68 Å². The monoisotopic (exact) mass is 248 g/mol. The molecule has 0 aromatic carbocycles. The maximum atomic E-state index is 5.68. The lowest BCUT2D eigenvalue weighted by molar-refractivity contribution is 0.597. The van der Waals surface area contributed by atoms with Crippen molar-refractivity contribution in [2.24, 2.45) is 5.73 Å². The zero-order chi connectivity index (χ0) is 12.4. The number of hydrogen-bond acceptors (Lipinski definition) is 2. The molecule has 17 heavy (non-hydrogen) atoms. The van der Waals surface area contributed by atoms with Gasteiger partial charge in [0.05, 0.1) is 23.6 Å². The molecule has 4 nitrogen and oxygen atoms in total. The highest BCUT2D eigenvalue weighted by atomic mass is 32.1. The smallest absolute Gasteiger partial charge is 0.120 e. The molecule has 0 radical (unpaired) electrons. The van der Waals surface area contributed by atoms with Gasteiger partial charge < -0.3 is 10.3 Å². The summed E-state index contributed by atoms with van der Waals surface area (Å²) in [5.74, 6) is 0. The lowest BCUT2D eigenvalue weighted by atomic mass is 10.3. The van der Waals surface area contributed by atoms with Crippen molar-refractivity contribution in [2.75, 3.05) is 0 Å². The van der Waals surface area contributed by atoms with Crippen molar-refractivity contribution < 1.29 is 0 Å². The van der Waals surface area contributed by atoms with Gasteiger partial charge in [-0.15, -0.1) is 0 Å². The third-order valence-corrected chi connectivity index (χ3v) is 2.91. The average Bonchev–Trinajstić information content (AvgIpc) is 2.85. The van der Waals surface area contributed by atoms with Crippen LogP contribution in [0.15, 0.2) is 24.4 Å². The molecule has 0 unspecified atom stereocenters. The van der Waals surface area contributed by atoms with Crippen LogP contribution in [0.1, 0.15) is 24.0 Å². The van der Waals surface area contributed by atoms with Gasteiger partial charge in [-0.1, -0.05) is 12.2 Å². The minimum absolute atomic E-state index is 0.425. The molecule has 0 saturated heterocycles. The maximum absolute atomic E-state index is 5.68. The van der Waals surface area contributed by atoms with Crippen LogP contribution in [0, 0.1) is 6.92 Å². The maximum Gasteiger partial charge on any atom is 0.120 e. The summed E-state index contributed by atoms with van der Waals surface area (Å²) in [7, 11) is 0. The van der Waals surface area contributed by atoms with Crippen LogP contribution in [0.4, 0.5) is 0 Å². The second-order valence-corrected chi connectivity index (χ2v) is 4.42. The standard InChI is InChI=1S/C12H16N4S/c1-3-16-10(7-9(2)14-16)8-15-6-4-5-11(15)12(13)17/h4-7H,3,8H2,1-2H3,(H2,13,17). The molecule has 0 saturated carbocycles. The lowest BCUT2D eigenvalue weighted by Crippen LogP contribution is -2.17. The summed E-state index contributed by atoms with van der Waals surface area (Å²) >= 11 is 5.02. The first kappa shape index (κ1) is 11.9. The molecule has 2 rings (SSSR count). The molecule has 0 bridgehead atoms.